The monoisotopic (exact) mass is 348 g/mol. The van der Waals surface area contributed by atoms with Crippen LogP contribution in [0.1, 0.15) is 35.4 Å². The van der Waals surface area contributed by atoms with E-state index in [0.717, 1.165) is 28.0 Å². The maximum atomic E-state index is 12.4. The van der Waals surface area contributed by atoms with E-state index in [9.17, 15) is 4.79 Å². The topological polar surface area (TPSA) is 26.3 Å². The van der Waals surface area contributed by atoms with E-state index in [1.807, 2.05) is 85.8 Å². The van der Waals surface area contributed by atoms with Crippen molar-refractivity contribution in [3.8, 4) is 11.1 Å². The van der Waals surface area contributed by atoms with Gasteiger partial charge in [0.1, 0.15) is 6.10 Å². The lowest BCUT2D eigenvalue weighted by Crippen LogP contribution is -2.11. The molecular weight excluding hydrogens is 328 g/mol. The van der Waals surface area contributed by atoms with Crippen molar-refractivity contribution in [2.24, 2.45) is 0 Å². The Bertz CT molecular complexity index is 824. The molecule has 0 fully saturated rings. The van der Waals surface area contributed by atoms with Gasteiger partial charge in [0, 0.05) is 4.90 Å². The molecule has 0 radical (unpaired) electrons. The largest absolute Gasteiger partial charge is 0.454 e. The minimum Gasteiger partial charge on any atom is -0.454 e. The standard InChI is InChI=1S/C22H20O2S/c1-2-21(18-6-4-3-5-7-18)24-22(23)19-10-8-16(9-11-19)17-12-14-20(25)15-13-17/h3-15,21,25H,2H2,1H3/t21-/m1/s1. The van der Waals surface area contributed by atoms with Crippen molar-refractivity contribution in [3.05, 3.63) is 90.0 Å². The molecule has 3 heteroatoms. The summed E-state index contributed by atoms with van der Waals surface area (Å²) >= 11 is 4.30. The van der Waals surface area contributed by atoms with E-state index >= 15 is 0 Å². The number of benzene rings is 3. The van der Waals surface area contributed by atoms with Crippen LogP contribution in [0.25, 0.3) is 11.1 Å². The molecule has 3 aromatic rings. The first-order valence-corrected chi connectivity index (χ1v) is 8.77. The number of carbonyl (C=O) groups excluding carboxylic acids is 1. The molecule has 0 saturated carbocycles. The van der Waals surface area contributed by atoms with Gasteiger partial charge in [-0.15, -0.1) is 12.6 Å². The predicted octanol–water partition coefficient (Wildman–Crippen LogP) is 5.95. The van der Waals surface area contributed by atoms with Crippen LogP contribution in [-0.4, -0.2) is 5.97 Å². The molecular formula is C22H20O2S. The molecule has 0 unspecified atom stereocenters. The first-order valence-electron chi connectivity index (χ1n) is 8.33. The third-order valence-electron chi connectivity index (χ3n) is 4.11. The van der Waals surface area contributed by atoms with Crippen LogP contribution < -0.4 is 0 Å². The van der Waals surface area contributed by atoms with E-state index < -0.39 is 0 Å². The zero-order valence-electron chi connectivity index (χ0n) is 14.1. The van der Waals surface area contributed by atoms with Crippen LogP contribution in [0.3, 0.4) is 0 Å². The zero-order chi connectivity index (χ0) is 17.6. The molecule has 0 saturated heterocycles. The fourth-order valence-electron chi connectivity index (χ4n) is 2.70. The summed E-state index contributed by atoms with van der Waals surface area (Å²) in [6.45, 7) is 2.01. The third-order valence-corrected chi connectivity index (χ3v) is 4.41. The van der Waals surface area contributed by atoms with Gasteiger partial charge >= 0.3 is 5.97 Å². The highest BCUT2D eigenvalue weighted by molar-refractivity contribution is 7.80. The Balaban J connectivity index is 1.73. The Morgan fingerprint density at radius 3 is 2.00 bits per heavy atom. The van der Waals surface area contributed by atoms with E-state index in [1.165, 1.54) is 0 Å². The zero-order valence-corrected chi connectivity index (χ0v) is 14.9. The third kappa shape index (κ3) is 4.31. The van der Waals surface area contributed by atoms with Gasteiger partial charge in [-0.3, -0.25) is 0 Å². The van der Waals surface area contributed by atoms with Crippen molar-refractivity contribution >= 4 is 18.6 Å². The van der Waals surface area contributed by atoms with Crippen molar-refractivity contribution in [3.63, 3.8) is 0 Å². The molecule has 0 aromatic heterocycles. The fourth-order valence-corrected chi connectivity index (χ4v) is 2.85. The van der Waals surface area contributed by atoms with Gasteiger partial charge < -0.3 is 4.74 Å². The van der Waals surface area contributed by atoms with Gasteiger partial charge in [0.2, 0.25) is 0 Å². The fraction of sp³-hybridized carbons (Fsp3) is 0.136. The summed E-state index contributed by atoms with van der Waals surface area (Å²) in [4.78, 5) is 13.4. The Morgan fingerprint density at radius 2 is 1.44 bits per heavy atom. The first kappa shape index (κ1) is 17.3. The molecule has 0 spiro atoms. The number of carbonyl (C=O) groups is 1. The van der Waals surface area contributed by atoms with Gasteiger partial charge in [0.15, 0.2) is 0 Å². The van der Waals surface area contributed by atoms with E-state index in [4.69, 9.17) is 4.74 Å². The molecule has 2 nitrogen and oxygen atoms in total. The van der Waals surface area contributed by atoms with Gasteiger partial charge in [-0.05, 0) is 47.4 Å². The van der Waals surface area contributed by atoms with Crippen LogP contribution in [-0.2, 0) is 4.74 Å². The Labute approximate surface area is 153 Å². The van der Waals surface area contributed by atoms with E-state index in [1.54, 1.807) is 0 Å². The van der Waals surface area contributed by atoms with Gasteiger partial charge in [-0.25, -0.2) is 4.79 Å². The lowest BCUT2D eigenvalue weighted by Gasteiger charge is -2.16. The van der Waals surface area contributed by atoms with Crippen molar-refractivity contribution in [1.82, 2.24) is 0 Å². The highest BCUT2D eigenvalue weighted by Gasteiger charge is 2.16. The Morgan fingerprint density at radius 1 is 0.880 bits per heavy atom. The second-order valence-corrected chi connectivity index (χ2v) is 6.35. The van der Waals surface area contributed by atoms with Crippen LogP contribution in [0.4, 0.5) is 0 Å². The highest BCUT2D eigenvalue weighted by atomic mass is 32.1. The second-order valence-electron chi connectivity index (χ2n) is 5.84. The molecule has 3 rings (SSSR count). The van der Waals surface area contributed by atoms with Crippen LogP contribution in [0.5, 0.6) is 0 Å². The minimum absolute atomic E-state index is 0.226. The van der Waals surface area contributed by atoms with Crippen LogP contribution >= 0.6 is 12.6 Å². The first-order chi connectivity index (χ1) is 12.2. The Hall–Kier alpha value is -2.52. The highest BCUT2D eigenvalue weighted by Crippen LogP contribution is 2.24. The quantitative estimate of drug-likeness (QED) is 0.455. The summed E-state index contributed by atoms with van der Waals surface area (Å²) in [5.74, 6) is -0.298. The molecule has 0 aliphatic carbocycles. The maximum Gasteiger partial charge on any atom is 0.338 e. The lowest BCUT2D eigenvalue weighted by atomic mass is 10.0. The van der Waals surface area contributed by atoms with Crippen molar-refractivity contribution < 1.29 is 9.53 Å². The SMILES string of the molecule is CC[C@@H](OC(=O)c1ccc(-c2ccc(S)cc2)cc1)c1ccccc1. The molecule has 126 valence electrons. The molecule has 25 heavy (non-hydrogen) atoms. The van der Waals surface area contributed by atoms with Crippen molar-refractivity contribution in [2.45, 2.75) is 24.3 Å². The molecule has 0 amide bonds. The molecule has 0 bridgehead atoms. The van der Waals surface area contributed by atoms with E-state index in [0.29, 0.717) is 5.56 Å². The number of hydrogen-bond donors (Lipinski definition) is 1. The molecule has 0 aliphatic rings. The van der Waals surface area contributed by atoms with Crippen molar-refractivity contribution in [2.75, 3.05) is 0 Å². The number of thiol groups is 1. The molecule has 0 N–H and O–H groups in total. The summed E-state index contributed by atoms with van der Waals surface area (Å²) in [6.07, 6.45) is 0.514. The van der Waals surface area contributed by atoms with Gasteiger partial charge in [0.05, 0.1) is 5.56 Å². The van der Waals surface area contributed by atoms with Crippen LogP contribution in [0, 0.1) is 0 Å². The number of hydrogen-bond acceptors (Lipinski definition) is 3. The molecule has 1 atom stereocenters. The van der Waals surface area contributed by atoms with E-state index in [2.05, 4.69) is 12.6 Å². The van der Waals surface area contributed by atoms with Crippen LogP contribution in [0.2, 0.25) is 0 Å². The average Bonchev–Trinajstić information content (AvgIpc) is 2.67. The summed E-state index contributed by atoms with van der Waals surface area (Å²) in [6, 6.07) is 25.2. The van der Waals surface area contributed by atoms with Crippen molar-refractivity contribution in [1.29, 1.82) is 0 Å². The smallest absolute Gasteiger partial charge is 0.338 e. The summed E-state index contributed by atoms with van der Waals surface area (Å²) in [5, 5.41) is 0. The summed E-state index contributed by atoms with van der Waals surface area (Å²) in [5.41, 5.74) is 3.72. The molecule has 3 aromatic carbocycles. The van der Waals surface area contributed by atoms with Gasteiger partial charge in [0.25, 0.3) is 0 Å². The van der Waals surface area contributed by atoms with E-state index in [-0.39, 0.29) is 12.1 Å². The molecule has 0 heterocycles. The van der Waals surface area contributed by atoms with Crippen LogP contribution in [0.15, 0.2) is 83.8 Å². The van der Waals surface area contributed by atoms with Gasteiger partial charge in [-0.2, -0.15) is 0 Å². The number of ether oxygens (including phenoxy) is 1. The number of esters is 1. The maximum absolute atomic E-state index is 12.4. The summed E-state index contributed by atoms with van der Waals surface area (Å²) in [7, 11) is 0. The number of rotatable bonds is 5. The average molecular weight is 348 g/mol. The normalized spacial score (nSPS) is 11.8. The molecule has 0 aliphatic heterocycles. The van der Waals surface area contributed by atoms with Gasteiger partial charge in [-0.1, -0.05) is 61.5 Å². The predicted molar refractivity (Wildman–Crippen MR) is 104 cm³/mol. The minimum atomic E-state index is -0.298. The lowest BCUT2D eigenvalue weighted by molar-refractivity contribution is 0.0288. The second kappa shape index (κ2) is 8.04. The Kier molecular flexibility index (Phi) is 5.56. The summed E-state index contributed by atoms with van der Waals surface area (Å²) < 4.78 is 5.68.